The van der Waals surface area contributed by atoms with Gasteiger partial charge in [-0.1, -0.05) is 97.1 Å². The Morgan fingerprint density at radius 1 is 0.875 bits per heavy atom. The van der Waals surface area contributed by atoms with E-state index in [4.69, 9.17) is 4.74 Å². The third kappa shape index (κ3) is 5.20. The maximum Gasteiger partial charge on any atom is 0.356 e. The van der Waals surface area contributed by atoms with E-state index in [0.717, 1.165) is 27.1 Å². The first-order valence-corrected chi connectivity index (χ1v) is 14.9. The molecule has 3 aromatic carbocycles. The highest BCUT2D eigenvalue weighted by molar-refractivity contribution is 8.00. The molecule has 0 radical (unpaired) electrons. The molecule has 1 aromatic heterocycles. The molecule has 4 aromatic rings. The predicted octanol–water partition coefficient (Wildman–Crippen LogP) is 5.43. The number of benzene rings is 3. The maximum atomic E-state index is 14.0. The van der Waals surface area contributed by atoms with Crippen molar-refractivity contribution in [1.82, 2.24) is 10.2 Å². The fraction of sp³-hybridized carbons (Fsp3) is 0.156. The van der Waals surface area contributed by atoms with Gasteiger partial charge in [0.15, 0.2) is 6.10 Å². The molecule has 0 bridgehead atoms. The van der Waals surface area contributed by atoms with E-state index in [1.807, 2.05) is 109 Å². The first-order chi connectivity index (χ1) is 19.6. The summed E-state index contributed by atoms with van der Waals surface area (Å²) in [5, 5.41) is 4.42. The van der Waals surface area contributed by atoms with E-state index in [1.165, 1.54) is 28.0 Å². The summed E-state index contributed by atoms with van der Waals surface area (Å²) in [5.74, 6) is -0.593. The number of nitrogens with one attached hydrogen (secondary N) is 1. The van der Waals surface area contributed by atoms with E-state index in [-0.39, 0.29) is 29.3 Å². The molecular formula is C32H26N2O4S2. The quantitative estimate of drug-likeness (QED) is 0.227. The van der Waals surface area contributed by atoms with Gasteiger partial charge in [0.05, 0.1) is 6.42 Å². The Labute approximate surface area is 240 Å². The van der Waals surface area contributed by atoms with Gasteiger partial charge in [-0.15, -0.1) is 23.1 Å². The standard InChI is InChI=1S/C32H26N2O4S2/c35-26(19-24-17-10-18-39-24)33-27-30(36)34-28(25(20-40-31(27)34)21-11-4-1-5-12-21)32(37)38-29(22-13-6-2-7-14-22)23-15-8-3-9-16-23/h1-18,27,29,31H,19-20H2,(H,33,35)/t27?,31-/m0/s1. The summed E-state index contributed by atoms with van der Waals surface area (Å²) >= 11 is 3.04. The predicted molar refractivity (Wildman–Crippen MR) is 157 cm³/mol. The van der Waals surface area contributed by atoms with Crippen LogP contribution in [-0.4, -0.2) is 39.9 Å². The van der Waals surface area contributed by atoms with Crippen LogP contribution >= 0.6 is 23.1 Å². The number of carbonyl (C=O) groups is 3. The second-order valence-electron chi connectivity index (χ2n) is 9.51. The summed E-state index contributed by atoms with van der Waals surface area (Å²) < 4.78 is 6.22. The van der Waals surface area contributed by atoms with Gasteiger partial charge in [-0.05, 0) is 28.1 Å². The lowest BCUT2D eigenvalue weighted by Crippen LogP contribution is -2.70. The second kappa shape index (κ2) is 11.5. The molecule has 0 aliphatic carbocycles. The fourth-order valence-electron chi connectivity index (χ4n) is 5.01. The minimum absolute atomic E-state index is 0.212. The molecule has 1 unspecified atom stereocenters. The molecule has 1 fully saturated rings. The summed E-state index contributed by atoms with van der Waals surface area (Å²) in [6.45, 7) is 0. The SMILES string of the molecule is O=C(Cc1cccs1)NC1C(=O)N2C(C(=O)OC(c3ccccc3)c3ccccc3)=C(c3ccccc3)CS[C@@H]12. The van der Waals surface area contributed by atoms with Crippen molar-refractivity contribution >= 4 is 46.5 Å². The number of fused-ring (bicyclic) bond motifs is 1. The number of amides is 2. The zero-order chi connectivity index (χ0) is 27.5. The molecule has 1 N–H and O–H groups in total. The van der Waals surface area contributed by atoms with Crippen molar-refractivity contribution in [3.05, 3.63) is 136 Å². The smallest absolute Gasteiger partial charge is 0.356 e. The summed E-state index contributed by atoms with van der Waals surface area (Å²) in [5.41, 5.74) is 3.50. The molecule has 8 heteroatoms. The van der Waals surface area contributed by atoms with Gasteiger partial charge < -0.3 is 10.1 Å². The number of esters is 1. The monoisotopic (exact) mass is 566 g/mol. The van der Waals surface area contributed by atoms with Crippen LogP contribution in [0.4, 0.5) is 0 Å². The van der Waals surface area contributed by atoms with Crippen LogP contribution in [0.3, 0.4) is 0 Å². The largest absolute Gasteiger partial charge is 0.448 e. The molecule has 2 amide bonds. The van der Waals surface area contributed by atoms with Gasteiger partial charge in [0.25, 0.3) is 5.91 Å². The highest BCUT2D eigenvalue weighted by Crippen LogP contribution is 2.44. The summed E-state index contributed by atoms with van der Waals surface area (Å²) in [6.07, 6.45) is -0.431. The van der Waals surface area contributed by atoms with Crippen molar-refractivity contribution in [2.45, 2.75) is 23.9 Å². The molecular weight excluding hydrogens is 540 g/mol. The molecule has 200 valence electrons. The number of ether oxygens (including phenoxy) is 1. The summed E-state index contributed by atoms with van der Waals surface area (Å²) in [7, 11) is 0. The number of thiophene rings is 1. The highest BCUT2D eigenvalue weighted by atomic mass is 32.2. The first-order valence-electron chi connectivity index (χ1n) is 13.0. The Morgan fingerprint density at radius 3 is 2.10 bits per heavy atom. The Morgan fingerprint density at radius 2 is 1.50 bits per heavy atom. The molecule has 6 nitrogen and oxygen atoms in total. The number of hydrogen-bond acceptors (Lipinski definition) is 6. The maximum absolute atomic E-state index is 14.0. The van der Waals surface area contributed by atoms with Crippen LogP contribution in [0.15, 0.2) is 114 Å². The highest BCUT2D eigenvalue weighted by Gasteiger charge is 2.54. The molecule has 2 aliphatic rings. The zero-order valence-corrected chi connectivity index (χ0v) is 23.1. The number of β-lactam (4-membered cyclic amide) rings is 1. The Hall–Kier alpha value is -4.14. The van der Waals surface area contributed by atoms with Crippen LogP contribution in [0.2, 0.25) is 0 Å². The fourth-order valence-corrected chi connectivity index (χ4v) is 7.09. The molecule has 1 saturated heterocycles. The molecule has 2 aliphatic heterocycles. The molecule has 2 atom stereocenters. The van der Waals surface area contributed by atoms with Crippen molar-refractivity contribution in [3.8, 4) is 0 Å². The third-order valence-corrected chi connectivity index (χ3v) is 9.10. The Balaban J connectivity index is 1.31. The minimum atomic E-state index is -0.698. The van der Waals surface area contributed by atoms with Gasteiger partial charge in [-0.25, -0.2) is 4.79 Å². The first kappa shape index (κ1) is 26.1. The lowest BCUT2D eigenvalue weighted by atomic mass is 9.98. The van der Waals surface area contributed by atoms with Gasteiger partial charge in [0.2, 0.25) is 5.91 Å². The Kier molecular flexibility index (Phi) is 7.53. The van der Waals surface area contributed by atoms with E-state index in [2.05, 4.69) is 5.32 Å². The van der Waals surface area contributed by atoms with Crippen molar-refractivity contribution in [2.24, 2.45) is 0 Å². The van der Waals surface area contributed by atoms with Crippen LogP contribution in [0, 0.1) is 0 Å². The van der Waals surface area contributed by atoms with Crippen LogP contribution in [0.5, 0.6) is 0 Å². The average molecular weight is 567 g/mol. The number of hydrogen-bond donors (Lipinski definition) is 1. The van der Waals surface area contributed by atoms with Crippen molar-refractivity contribution < 1.29 is 19.1 Å². The van der Waals surface area contributed by atoms with Crippen LogP contribution in [-0.2, 0) is 25.5 Å². The molecule has 0 spiro atoms. The van der Waals surface area contributed by atoms with Crippen molar-refractivity contribution in [2.75, 3.05) is 5.75 Å². The van der Waals surface area contributed by atoms with Gasteiger partial charge >= 0.3 is 5.97 Å². The lowest BCUT2D eigenvalue weighted by Gasteiger charge is -2.50. The van der Waals surface area contributed by atoms with Crippen LogP contribution < -0.4 is 5.32 Å². The summed E-state index contributed by atoms with van der Waals surface area (Å²) in [6, 6.07) is 31.8. The minimum Gasteiger partial charge on any atom is -0.448 e. The Bertz CT molecular complexity index is 1500. The van der Waals surface area contributed by atoms with E-state index in [0.29, 0.717) is 5.75 Å². The average Bonchev–Trinajstić information content (AvgIpc) is 3.52. The van der Waals surface area contributed by atoms with Gasteiger partial charge in [0, 0.05) is 16.2 Å². The number of thioether (sulfide) groups is 1. The zero-order valence-electron chi connectivity index (χ0n) is 21.4. The van der Waals surface area contributed by atoms with E-state index in [1.54, 1.807) is 0 Å². The molecule has 3 heterocycles. The van der Waals surface area contributed by atoms with Gasteiger partial charge in [0.1, 0.15) is 17.1 Å². The van der Waals surface area contributed by atoms with Crippen molar-refractivity contribution in [1.29, 1.82) is 0 Å². The topological polar surface area (TPSA) is 75.7 Å². The lowest BCUT2D eigenvalue weighted by molar-refractivity contribution is -0.154. The van der Waals surface area contributed by atoms with Gasteiger partial charge in [-0.3, -0.25) is 14.5 Å². The molecule has 6 rings (SSSR count). The second-order valence-corrected chi connectivity index (χ2v) is 11.6. The normalized spacial score (nSPS) is 18.2. The van der Waals surface area contributed by atoms with Crippen LogP contribution in [0.1, 0.15) is 27.7 Å². The third-order valence-electron chi connectivity index (χ3n) is 6.94. The summed E-state index contributed by atoms with van der Waals surface area (Å²) in [4.78, 5) is 42.7. The van der Waals surface area contributed by atoms with Crippen molar-refractivity contribution in [3.63, 3.8) is 0 Å². The van der Waals surface area contributed by atoms with E-state index < -0.39 is 18.1 Å². The number of carbonyl (C=O) groups excluding carboxylic acids is 3. The van der Waals surface area contributed by atoms with Crippen LogP contribution in [0.25, 0.3) is 5.57 Å². The number of nitrogens with zero attached hydrogens (tertiary/aromatic N) is 1. The molecule has 40 heavy (non-hydrogen) atoms. The number of rotatable bonds is 8. The van der Waals surface area contributed by atoms with Gasteiger partial charge in [-0.2, -0.15) is 0 Å². The van der Waals surface area contributed by atoms with E-state index >= 15 is 0 Å². The van der Waals surface area contributed by atoms with E-state index in [9.17, 15) is 14.4 Å². The molecule has 0 saturated carbocycles.